The minimum Gasteiger partial charge on any atom is -0.496 e. The predicted octanol–water partition coefficient (Wildman–Crippen LogP) is 2.25. The van der Waals surface area contributed by atoms with Crippen molar-refractivity contribution < 1.29 is 14.3 Å². The van der Waals surface area contributed by atoms with E-state index >= 15 is 0 Å². The summed E-state index contributed by atoms with van der Waals surface area (Å²) in [5, 5.41) is 3.05. The van der Waals surface area contributed by atoms with Crippen molar-refractivity contribution in [3.63, 3.8) is 0 Å². The fraction of sp³-hybridized carbons (Fsp3) is 0.529. The van der Waals surface area contributed by atoms with E-state index in [1.54, 1.807) is 25.3 Å². The normalized spacial score (nSPS) is 20.3. The van der Waals surface area contributed by atoms with Crippen LogP contribution in [0.5, 0.6) is 5.75 Å². The Bertz CT molecular complexity index is 555. The molecule has 3 N–H and O–H groups in total. The van der Waals surface area contributed by atoms with Crippen LogP contribution < -0.4 is 15.8 Å². The minimum atomic E-state index is -0.0422. The molecule has 0 unspecified atom stereocenters. The van der Waals surface area contributed by atoms with Crippen molar-refractivity contribution in [2.24, 2.45) is 5.73 Å². The number of nitrogens with one attached hydrogen (secondary N) is 1. The van der Waals surface area contributed by atoms with Crippen molar-refractivity contribution in [3.05, 3.63) is 29.3 Å². The number of amides is 1. The highest BCUT2D eigenvalue weighted by atomic mass is 35.5. The Morgan fingerprint density at radius 2 is 1.91 bits per heavy atom. The third kappa shape index (κ3) is 5.52. The second kappa shape index (κ2) is 8.89. The largest absolute Gasteiger partial charge is 0.496 e. The van der Waals surface area contributed by atoms with Gasteiger partial charge in [-0.1, -0.05) is 0 Å². The molecule has 1 fully saturated rings. The van der Waals surface area contributed by atoms with E-state index in [0.29, 0.717) is 11.3 Å². The predicted molar refractivity (Wildman–Crippen MR) is 92.3 cm³/mol. The molecule has 1 aliphatic carbocycles. The van der Waals surface area contributed by atoms with Crippen LogP contribution in [0.2, 0.25) is 0 Å². The van der Waals surface area contributed by atoms with Crippen LogP contribution in [0.1, 0.15) is 48.5 Å². The molecule has 5 nitrogen and oxygen atoms in total. The Hall–Kier alpha value is -1.59. The second-order valence-electron chi connectivity index (χ2n) is 5.94. The Kier molecular flexibility index (Phi) is 7.52. The molecule has 0 bridgehead atoms. The van der Waals surface area contributed by atoms with Crippen LogP contribution in [0.25, 0.3) is 0 Å². The van der Waals surface area contributed by atoms with Gasteiger partial charge in [0.1, 0.15) is 5.75 Å². The Labute approximate surface area is 143 Å². The number of hydrogen-bond acceptors (Lipinski definition) is 4. The summed E-state index contributed by atoms with van der Waals surface area (Å²) in [5.74, 6) is 0.566. The van der Waals surface area contributed by atoms with E-state index in [9.17, 15) is 9.59 Å². The summed E-state index contributed by atoms with van der Waals surface area (Å²) in [5.41, 5.74) is 7.20. The number of ketones is 1. The molecule has 128 valence electrons. The number of carbonyl (C=O) groups is 2. The van der Waals surface area contributed by atoms with Gasteiger partial charge in [0.2, 0.25) is 5.91 Å². The summed E-state index contributed by atoms with van der Waals surface area (Å²) in [7, 11) is 1.56. The van der Waals surface area contributed by atoms with Crippen LogP contribution in [0.3, 0.4) is 0 Å². The van der Waals surface area contributed by atoms with Gasteiger partial charge in [-0.25, -0.2) is 0 Å². The lowest BCUT2D eigenvalue weighted by Crippen LogP contribution is -2.41. The lowest BCUT2D eigenvalue weighted by molar-refractivity contribution is -0.121. The summed E-state index contributed by atoms with van der Waals surface area (Å²) in [6, 6.07) is 5.65. The van der Waals surface area contributed by atoms with Crippen molar-refractivity contribution in [3.8, 4) is 5.75 Å². The first-order valence-electron chi connectivity index (χ1n) is 7.72. The van der Waals surface area contributed by atoms with Crippen LogP contribution in [0, 0.1) is 0 Å². The van der Waals surface area contributed by atoms with Gasteiger partial charge in [-0.05, 0) is 50.8 Å². The summed E-state index contributed by atoms with van der Waals surface area (Å²) in [4.78, 5) is 23.7. The summed E-state index contributed by atoms with van der Waals surface area (Å²) in [6.45, 7) is 1.51. The first kappa shape index (κ1) is 19.5. The number of ether oxygens (including phenoxy) is 1. The molecule has 0 saturated heterocycles. The average Bonchev–Trinajstić information content (AvgIpc) is 2.49. The summed E-state index contributed by atoms with van der Waals surface area (Å²) < 4.78 is 5.28. The number of carbonyl (C=O) groups excluding carboxylic acids is 2. The molecule has 1 saturated carbocycles. The monoisotopic (exact) mass is 340 g/mol. The lowest BCUT2D eigenvalue weighted by Gasteiger charge is -2.26. The maximum Gasteiger partial charge on any atom is 0.224 e. The van der Waals surface area contributed by atoms with E-state index in [0.717, 1.165) is 31.2 Å². The molecule has 1 aromatic carbocycles. The van der Waals surface area contributed by atoms with Crippen LogP contribution in [0.15, 0.2) is 18.2 Å². The van der Waals surface area contributed by atoms with Gasteiger partial charge in [-0.2, -0.15) is 0 Å². The quantitative estimate of drug-likeness (QED) is 0.805. The Morgan fingerprint density at radius 1 is 1.26 bits per heavy atom. The maximum atomic E-state index is 12.2. The third-order valence-corrected chi connectivity index (χ3v) is 4.17. The fourth-order valence-corrected chi connectivity index (χ4v) is 2.85. The van der Waals surface area contributed by atoms with Gasteiger partial charge in [0, 0.05) is 23.2 Å². The molecule has 1 amide bonds. The number of rotatable bonds is 5. The molecule has 2 rings (SSSR count). The van der Waals surface area contributed by atoms with E-state index in [-0.39, 0.29) is 42.6 Å². The smallest absolute Gasteiger partial charge is 0.224 e. The van der Waals surface area contributed by atoms with Crippen LogP contribution in [0.4, 0.5) is 0 Å². The van der Waals surface area contributed by atoms with E-state index < -0.39 is 0 Å². The molecule has 1 aromatic rings. The van der Waals surface area contributed by atoms with Crippen LogP contribution in [-0.2, 0) is 11.2 Å². The number of nitrogens with two attached hydrogens (primary N) is 1. The molecule has 0 spiro atoms. The lowest BCUT2D eigenvalue weighted by atomic mass is 9.91. The van der Waals surface area contributed by atoms with Gasteiger partial charge < -0.3 is 15.8 Å². The third-order valence-electron chi connectivity index (χ3n) is 4.17. The average molecular weight is 341 g/mol. The zero-order valence-electron chi connectivity index (χ0n) is 13.6. The molecule has 0 heterocycles. The first-order valence-corrected chi connectivity index (χ1v) is 7.72. The van der Waals surface area contributed by atoms with Gasteiger partial charge in [-0.3, -0.25) is 9.59 Å². The van der Waals surface area contributed by atoms with Gasteiger partial charge in [0.05, 0.1) is 13.5 Å². The standard InChI is InChI=1S/C17H24N2O3.ClH/c1-11(20)12-3-8-16(22-2)13(9-12)10-17(21)19-15-6-4-14(18)5-7-15;/h3,8-9,14-15H,4-7,10,18H2,1-2H3,(H,19,21);1H. The van der Waals surface area contributed by atoms with Crippen molar-refractivity contribution >= 4 is 24.1 Å². The molecular weight excluding hydrogens is 316 g/mol. The van der Waals surface area contributed by atoms with Crippen molar-refractivity contribution in [2.75, 3.05) is 7.11 Å². The molecular formula is C17H25ClN2O3. The van der Waals surface area contributed by atoms with Crippen LogP contribution >= 0.6 is 12.4 Å². The maximum absolute atomic E-state index is 12.2. The van der Waals surface area contributed by atoms with Crippen molar-refractivity contribution in [1.82, 2.24) is 5.32 Å². The number of Topliss-reactive ketones (excluding diaryl/α,β-unsaturated/α-hetero) is 1. The topological polar surface area (TPSA) is 81.4 Å². The Balaban J connectivity index is 0.00000264. The second-order valence-corrected chi connectivity index (χ2v) is 5.94. The highest BCUT2D eigenvalue weighted by Gasteiger charge is 2.20. The SMILES string of the molecule is COc1ccc(C(C)=O)cc1CC(=O)NC1CCC(N)CC1.Cl. The van der Waals surface area contributed by atoms with E-state index in [4.69, 9.17) is 10.5 Å². The molecule has 0 radical (unpaired) electrons. The molecule has 23 heavy (non-hydrogen) atoms. The number of benzene rings is 1. The number of hydrogen-bond donors (Lipinski definition) is 2. The number of halogens is 1. The zero-order valence-corrected chi connectivity index (χ0v) is 14.4. The van der Waals surface area contributed by atoms with Gasteiger partial charge in [0.25, 0.3) is 0 Å². The van der Waals surface area contributed by atoms with Gasteiger partial charge >= 0.3 is 0 Å². The molecule has 6 heteroatoms. The Morgan fingerprint density at radius 3 is 2.48 bits per heavy atom. The minimum absolute atomic E-state index is 0. The number of methoxy groups -OCH3 is 1. The van der Waals surface area contributed by atoms with Gasteiger partial charge in [0.15, 0.2) is 5.78 Å². The highest BCUT2D eigenvalue weighted by molar-refractivity contribution is 5.94. The highest BCUT2D eigenvalue weighted by Crippen LogP contribution is 2.22. The van der Waals surface area contributed by atoms with E-state index in [2.05, 4.69) is 5.32 Å². The summed E-state index contributed by atoms with van der Waals surface area (Å²) in [6.07, 6.45) is 3.98. The van der Waals surface area contributed by atoms with Crippen molar-refractivity contribution in [2.45, 2.75) is 51.1 Å². The van der Waals surface area contributed by atoms with Crippen molar-refractivity contribution in [1.29, 1.82) is 0 Å². The van der Waals surface area contributed by atoms with Gasteiger partial charge in [-0.15, -0.1) is 12.4 Å². The fourth-order valence-electron chi connectivity index (χ4n) is 2.85. The first-order chi connectivity index (χ1) is 10.5. The molecule has 0 atom stereocenters. The van der Waals surface area contributed by atoms with E-state index in [1.807, 2.05) is 0 Å². The molecule has 1 aliphatic rings. The molecule has 0 aromatic heterocycles. The molecule has 0 aliphatic heterocycles. The zero-order chi connectivity index (χ0) is 16.1. The van der Waals surface area contributed by atoms with E-state index in [1.165, 1.54) is 6.92 Å². The summed E-state index contributed by atoms with van der Waals surface area (Å²) >= 11 is 0. The van der Waals surface area contributed by atoms with Crippen LogP contribution in [-0.4, -0.2) is 30.9 Å².